The first kappa shape index (κ1) is 17.8. The predicted molar refractivity (Wildman–Crippen MR) is 77.8 cm³/mol. The summed E-state index contributed by atoms with van der Waals surface area (Å²) < 4.78 is 10.7. The van der Waals surface area contributed by atoms with E-state index in [1.165, 1.54) is 4.90 Å². The quantitative estimate of drug-likeness (QED) is 0.789. The number of carbonyl (C=O) groups is 2. The second-order valence-corrected chi connectivity index (χ2v) is 7.47. The smallest absolute Gasteiger partial charge is 0.411 e. The van der Waals surface area contributed by atoms with Crippen LogP contribution in [0.5, 0.6) is 0 Å². The molecule has 2 atom stereocenters. The number of hydrogen-bond donors (Lipinski definition) is 1. The van der Waals surface area contributed by atoms with Crippen LogP contribution in [0.1, 0.15) is 48.0 Å². The van der Waals surface area contributed by atoms with Crippen molar-refractivity contribution in [1.82, 2.24) is 4.90 Å². The SMILES string of the molecule is CC(C)(C)OC(=O)[C@@H]1C[C@@H](CO)CN1C(=O)OC(C)(C)C. The highest BCUT2D eigenvalue weighted by Crippen LogP contribution is 2.27. The average molecular weight is 301 g/mol. The third kappa shape index (κ3) is 5.53. The molecule has 1 N–H and O–H groups in total. The molecule has 0 radical (unpaired) electrons. The molecule has 122 valence electrons. The van der Waals surface area contributed by atoms with E-state index in [9.17, 15) is 14.7 Å². The maximum absolute atomic E-state index is 12.2. The van der Waals surface area contributed by atoms with Crippen molar-refractivity contribution < 1.29 is 24.2 Å². The van der Waals surface area contributed by atoms with Crippen molar-refractivity contribution in [2.75, 3.05) is 13.2 Å². The molecule has 1 aliphatic rings. The van der Waals surface area contributed by atoms with E-state index in [1.54, 1.807) is 41.5 Å². The zero-order valence-corrected chi connectivity index (χ0v) is 13.8. The van der Waals surface area contributed by atoms with E-state index in [-0.39, 0.29) is 12.5 Å². The lowest BCUT2D eigenvalue weighted by Crippen LogP contribution is -2.45. The van der Waals surface area contributed by atoms with Gasteiger partial charge in [0, 0.05) is 19.1 Å². The topological polar surface area (TPSA) is 76.1 Å². The van der Waals surface area contributed by atoms with E-state index in [0.717, 1.165) is 0 Å². The van der Waals surface area contributed by atoms with Crippen LogP contribution in [0, 0.1) is 5.92 Å². The van der Waals surface area contributed by atoms with Crippen LogP contribution in [0.4, 0.5) is 4.79 Å². The van der Waals surface area contributed by atoms with Gasteiger partial charge in [0.25, 0.3) is 0 Å². The number of rotatable bonds is 2. The van der Waals surface area contributed by atoms with Crippen LogP contribution in [0.2, 0.25) is 0 Å². The molecule has 0 aromatic heterocycles. The fourth-order valence-electron chi connectivity index (χ4n) is 2.17. The van der Waals surface area contributed by atoms with Crippen LogP contribution < -0.4 is 0 Å². The summed E-state index contributed by atoms with van der Waals surface area (Å²) in [6.45, 7) is 10.9. The van der Waals surface area contributed by atoms with Crippen LogP contribution in [0.3, 0.4) is 0 Å². The summed E-state index contributed by atoms with van der Waals surface area (Å²) in [4.78, 5) is 25.8. The molecule has 6 heteroatoms. The van der Waals surface area contributed by atoms with Gasteiger partial charge in [0.2, 0.25) is 0 Å². The number of esters is 1. The molecule has 21 heavy (non-hydrogen) atoms. The second kappa shape index (κ2) is 6.22. The van der Waals surface area contributed by atoms with Gasteiger partial charge in [-0.2, -0.15) is 0 Å². The lowest BCUT2D eigenvalue weighted by Gasteiger charge is -2.29. The molecule has 0 aliphatic carbocycles. The van der Waals surface area contributed by atoms with E-state index in [2.05, 4.69) is 0 Å². The van der Waals surface area contributed by atoms with Crippen LogP contribution >= 0.6 is 0 Å². The number of aliphatic hydroxyl groups excluding tert-OH is 1. The van der Waals surface area contributed by atoms with Crippen LogP contribution in [-0.2, 0) is 14.3 Å². The first-order valence-electron chi connectivity index (χ1n) is 7.26. The third-order valence-corrected chi connectivity index (χ3v) is 2.95. The Morgan fingerprint density at radius 3 is 2.05 bits per heavy atom. The van der Waals surface area contributed by atoms with Gasteiger partial charge in [-0.05, 0) is 48.0 Å². The van der Waals surface area contributed by atoms with Crippen LogP contribution in [-0.4, -0.2) is 52.5 Å². The molecule has 0 aromatic rings. The predicted octanol–water partition coefficient (Wildman–Crippen LogP) is 1.95. The van der Waals surface area contributed by atoms with Crippen molar-refractivity contribution in [2.24, 2.45) is 5.92 Å². The first-order valence-corrected chi connectivity index (χ1v) is 7.26. The summed E-state index contributed by atoms with van der Waals surface area (Å²) in [6.07, 6.45) is -0.153. The lowest BCUT2D eigenvalue weighted by molar-refractivity contribution is -0.160. The molecular weight excluding hydrogens is 274 g/mol. The fourth-order valence-corrected chi connectivity index (χ4v) is 2.17. The fraction of sp³-hybridized carbons (Fsp3) is 0.867. The molecular formula is C15H27NO5. The van der Waals surface area contributed by atoms with Gasteiger partial charge in [0.1, 0.15) is 17.2 Å². The Kier molecular flexibility index (Phi) is 5.25. The van der Waals surface area contributed by atoms with Gasteiger partial charge in [-0.15, -0.1) is 0 Å². The number of likely N-dealkylation sites (tertiary alicyclic amines) is 1. The molecule has 0 bridgehead atoms. The minimum absolute atomic E-state index is 0.0708. The largest absolute Gasteiger partial charge is 0.458 e. The Bertz CT molecular complexity index is 358. The Balaban J connectivity index is 2.83. The van der Waals surface area contributed by atoms with Crippen molar-refractivity contribution in [3.8, 4) is 0 Å². The van der Waals surface area contributed by atoms with Gasteiger partial charge in [-0.1, -0.05) is 0 Å². The standard InChI is InChI=1S/C15H27NO5/c1-14(2,3)20-12(18)11-7-10(9-17)8-16(11)13(19)21-15(4,5)6/h10-11,17H,7-9H2,1-6H3/t10-,11+/m1/s1. The molecule has 1 saturated heterocycles. The molecule has 1 aliphatic heterocycles. The van der Waals surface area contributed by atoms with Crippen molar-refractivity contribution in [2.45, 2.75) is 65.2 Å². The summed E-state index contributed by atoms with van der Waals surface area (Å²) in [5, 5.41) is 9.30. The summed E-state index contributed by atoms with van der Waals surface area (Å²) in [5.74, 6) is -0.584. The van der Waals surface area contributed by atoms with E-state index >= 15 is 0 Å². The minimum atomic E-state index is -0.698. The van der Waals surface area contributed by atoms with Crippen molar-refractivity contribution in [3.05, 3.63) is 0 Å². The normalized spacial score (nSPS) is 23.1. The van der Waals surface area contributed by atoms with Gasteiger partial charge in [0.15, 0.2) is 0 Å². The van der Waals surface area contributed by atoms with Gasteiger partial charge in [-0.25, -0.2) is 9.59 Å². The third-order valence-electron chi connectivity index (χ3n) is 2.95. The number of aliphatic hydroxyl groups is 1. The number of ether oxygens (including phenoxy) is 2. The Morgan fingerprint density at radius 2 is 1.62 bits per heavy atom. The summed E-state index contributed by atoms with van der Waals surface area (Å²) in [5.41, 5.74) is -1.25. The molecule has 0 saturated carbocycles. The Morgan fingerprint density at radius 1 is 1.10 bits per heavy atom. The average Bonchev–Trinajstić information content (AvgIpc) is 2.68. The molecule has 6 nitrogen and oxygen atoms in total. The minimum Gasteiger partial charge on any atom is -0.458 e. The number of nitrogens with zero attached hydrogens (tertiary/aromatic N) is 1. The van der Waals surface area contributed by atoms with Crippen molar-refractivity contribution in [1.29, 1.82) is 0 Å². The zero-order chi connectivity index (χ0) is 16.4. The van der Waals surface area contributed by atoms with Crippen molar-refractivity contribution >= 4 is 12.1 Å². The molecule has 1 fully saturated rings. The number of carbonyl (C=O) groups excluding carboxylic acids is 2. The zero-order valence-electron chi connectivity index (χ0n) is 13.8. The second-order valence-electron chi connectivity index (χ2n) is 7.47. The van der Waals surface area contributed by atoms with Gasteiger partial charge >= 0.3 is 12.1 Å². The molecule has 1 amide bonds. The lowest BCUT2D eigenvalue weighted by atomic mass is 10.1. The highest BCUT2D eigenvalue weighted by molar-refractivity contribution is 5.82. The first-order chi connectivity index (χ1) is 9.43. The van der Waals surface area contributed by atoms with E-state index in [0.29, 0.717) is 13.0 Å². The number of hydrogen-bond acceptors (Lipinski definition) is 5. The molecule has 1 heterocycles. The Labute approximate surface area is 126 Å². The van der Waals surface area contributed by atoms with E-state index < -0.39 is 29.3 Å². The van der Waals surface area contributed by atoms with E-state index in [1.807, 2.05) is 0 Å². The maximum Gasteiger partial charge on any atom is 0.411 e. The van der Waals surface area contributed by atoms with Crippen molar-refractivity contribution in [3.63, 3.8) is 0 Å². The van der Waals surface area contributed by atoms with E-state index in [4.69, 9.17) is 9.47 Å². The van der Waals surface area contributed by atoms with Crippen LogP contribution in [0.15, 0.2) is 0 Å². The van der Waals surface area contributed by atoms with Crippen LogP contribution in [0.25, 0.3) is 0 Å². The van der Waals surface area contributed by atoms with Gasteiger partial charge < -0.3 is 14.6 Å². The molecule has 1 rings (SSSR count). The summed E-state index contributed by atoms with van der Waals surface area (Å²) >= 11 is 0. The van der Waals surface area contributed by atoms with Gasteiger partial charge in [0.05, 0.1) is 0 Å². The molecule has 0 spiro atoms. The highest BCUT2D eigenvalue weighted by Gasteiger charge is 2.43. The number of amides is 1. The van der Waals surface area contributed by atoms with Gasteiger partial charge in [-0.3, -0.25) is 4.90 Å². The summed E-state index contributed by atoms with van der Waals surface area (Å²) in [7, 11) is 0. The summed E-state index contributed by atoms with van der Waals surface area (Å²) in [6, 6.07) is -0.698. The molecule has 0 aromatic carbocycles. The Hall–Kier alpha value is -1.30. The monoisotopic (exact) mass is 301 g/mol. The maximum atomic E-state index is 12.2. The highest BCUT2D eigenvalue weighted by atomic mass is 16.6. The molecule has 0 unspecified atom stereocenters.